The van der Waals surface area contributed by atoms with Crippen LogP contribution in [0.1, 0.15) is 17.3 Å². The summed E-state index contributed by atoms with van der Waals surface area (Å²) < 4.78 is 6.83. The van der Waals surface area contributed by atoms with Crippen molar-refractivity contribution in [1.82, 2.24) is 19.9 Å². The molecule has 0 amide bonds. The van der Waals surface area contributed by atoms with Crippen molar-refractivity contribution in [3.05, 3.63) is 59.0 Å². The van der Waals surface area contributed by atoms with Crippen molar-refractivity contribution in [2.45, 2.75) is 13.0 Å². The van der Waals surface area contributed by atoms with Gasteiger partial charge in [-0.15, -0.1) is 0 Å². The van der Waals surface area contributed by atoms with Crippen molar-refractivity contribution in [2.24, 2.45) is 0 Å². The topological polar surface area (TPSA) is 82.8 Å². The van der Waals surface area contributed by atoms with Gasteiger partial charge in [0, 0.05) is 17.6 Å². The van der Waals surface area contributed by atoms with E-state index < -0.39 is 0 Å². The van der Waals surface area contributed by atoms with Crippen LogP contribution in [0.15, 0.2) is 41.2 Å². The molecule has 0 aliphatic rings. The van der Waals surface area contributed by atoms with E-state index in [1.54, 1.807) is 17.1 Å². The molecule has 0 fully saturated rings. The highest BCUT2D eigenvalue weighted by Crippen LogP contribution is 2.17. The Labute approximate surface area is 120 Å². The summed E-state index contributed by atoms with van der Waals surface area (Å²) in [6.45, 7) is 0.396. The highest BCUT2D eigenvalue weighted by Gasteiger charge is 2.09. The number of halogens is 1. The number of hydrogen-bond acceptors (Lipinski definition) is 5. The smallest absolute Gasteiger partial charge is 0.248 e. The number of rotatable bonds is 4. The quantitative estimate of drug-likeness (QED) is 0.795. The van der Waals surface area contributed by atoms with Crippen molar-refractivity contribution in [3.8, 4) is 0 Å². The number of hydrogen-bond donors (Lipinski definition) is 1. The third-order valence-corrected chi connectivity index (χ3v) is 3.14. The molecular formula is C13H12ClN5O. The van der Waals surface area contributed by atoms with E-state index >= 15 is 0 Å². The van der Waals surface area contributed by atoms with E-state index in [4.69, 9.17) is 21.9 Å². The first-order valence-electron chi connectivity index (χ1n) is 6.03. The second-order valence-corrected chi connectivity index (χ2v) is 4.75. The number of nitrogen functional groups attached to an aromatic ring is 1. The highest BCUT2D eigenvalue weighted by molar-refractivity contribution is 6.31. The lowest BCUT2D eigenvalue weighted by Gasteiger charge is -1.98. The van der Waals surface area contributed by atoms with Crippen LogP contribution in [0.2, 0.25) is 5.02 Å². The zero-order valence-electron chi connectivity index (χ0n) is 10.5. The second kappa shape index (κ2) is 5.34. The zero-order valence-corrected chi connectivity index (χ0v) is 11.3. The van der Waals surface area contributed by atoms with Gasteiger partial charge in [0.25, 0.3) is 0 Å². The zero-order chi connectivity index (χ0) is 13.9. The molecule has 2 heterocycles. The van der Waals surface area contributed by atoms with Gasteiger partial charge in [0.15, 0.2) is 5.82 Å². The van der Waals surface area contributed by atoms with Crippen molar-refractivity contribution in [1.29, 1.82) is 0 Å². The van der Waals surface area contributed by atoms with Crippen LogP contribution < -0.4 is 5.73 Å². The van der Waals surface area contributed by atoms with Crippen molar-refractivity contribution >= 4 is 17.3 Å². The predicted molar refractivity (Wildman–Crippen MR) is 74.3 cm³/mol. The molecule has 0 radical (unpaired) electrons. The van der Waals surface area contributed by atoms with E-state index in [2.05, 4.69) is 15.2 Å². The highest BCUT2D eigenvalue weighted by atomic mass is 35.5. The lowest BCUT2D eigenvalue weighted by atomic mass is 10.1. The molecule has 7 heteroatoms. The fourth-order valence-electron chi connectivity index (χ4n) is 1.84. The maximum atomic E-state index is 6.10. The normalized spacial score (nSPS) is 10.8. The van der Waals surface area contributed by atoms with Gasteiger partial charge in [0.05, 0.1) is 11.9 Å². The minimum absolute atomic E-state index is 0.396. The molecule has 2 aromatic heterocycles. The molecule has 0 saturated heterocycles. The van der Waals surface area contributed by atoms with Gasteiger partial charge in [0.2, 0.25) is 5.89 Å². The van der Waals surface area contributed by atoms with E-state index in [-0.39, 0.29) is 0 Å². The second-order valence-electron chi connectivity index (χ2n) is 4.34. The SMILES string of the molecule is Nc1cnn(Cc2nc(Cc3ccccc3Cl)no2)c1. The molecule has 1 aromatic carbocycles. The molecular weight excluding hydrogens is 278 g/mol. The summed E-state index contributed by atoms with van der Waals surface area (Å²) in [5, 5.41) is 8.69. The summed E-state index contributed by atoms with van der Waals surface area (Å²) in [7, 11) is 0. The van der Waals surface area contributed by atoms with Crippen LogP contribution in [0.3, 0.4) is 0 Å². The van der Waals surface area contributed by atoms with E-state index in [1.165, 1.54) is 0 Å². The number of benzene rings is 1. The van der Waals surface area contributed by atoms with Crippen LogP contribution in [0.5, 0.6) is 0 Å². The molecule has 0 atom stereocenters. The Morgan fingerprint density at radius 3 is 2.90 bits per heavy atom. The number of nitrogens with zero attached hydrogens (tertiary/aromatic N) is 4. The van der Waals surface area contributed by atoms with Crippen molar-refractivity contribution in [2.75, 3.05) is 5.73 Å². The number of anilines is 1. The first kappa shape index (κ1) is 12.7. The molecule has 3 rings (SSSR count). The summed E-state index contributed by atoms with van der Waals surface area (Å²) in [5.41, 5.74) is 7.15. The minimum Gasteiger partial charge on any atom is -0.396 e. The third kappa shape index (κ3) is 2.80. The van der Waals surface area contributed by atoms with Gasteiger partial charge in [-0.1, -0.05) is 35.0 Å². The van der Waals surface area contributed by atoms with Gasteiger partial charge >= 0.3 is 0 Å². The van der Waals surface area contributed by atoms with Crippen LogP contribution >= 0.6 is 11.6 Å². The van der Waals surface area contributed by atoms with Crippen molar-refractivity contribution < 1.29 is 4.52 Å². The van der Waals surface area contributed by atoms with Crippen LogP contribution in [-0.2, 0) is 13.0 Å². The molecule has 20 heavy (non-hydrogen) atoms. The first-order valence-corrected chi connectivity index (χ1v) is 6.41. The molecule has 2 N–H and O–H groups in total. The van der Waals surface area contributed by atoms with Crippen molar-refractivity contribution in [3.63, 3.8) is 0 Å². The fraction of sp³-hybridized carbons (Fsp3) is 0.154. The summed E-state index contributed by atoms with van der Waals surface area (Å²) in [6.07, 6.45) is 3.81. The Morgan fingerprint density at radius 2 is 2.15 bits per heavy atom. The Morgan fingerprint density at radius 1 is 1.30 bits per heavy atom. The maximum absolute atomic E-state index is 6.10. The van der Waals surface area contributed by atoms with Gasteiger partial charge in [-0.2, -0.15) is 10.1 Å². The number of aromatic nitrogens is 4. The Balaban J connectivity index is 1.72. The first-order chi connectivity index (χ1) is 9.70. The van der Waals surface area contributed by atoms with E-state index in [0.29, 0.717) is 35.4 Å². The largest absolute Gasteiger partial charge is 0.396 e. The average Bonchev–Trinajstić information content (AvgIpc) is 3.02. The summed E-state index contributed by atoms with van der Waals surface area (Å²) in [4.78, 5) is 4.31. The molecule has 0 bridgehead atoms. The van der Waals surface area contributed by atoms with Crippen LogP contribution in [0.25, 0.3) is 0 Å². The molecule has 0 spiro atoms. The summed E-state index contributed by atoms with van der Waals surface area (Å²) in [5.74, 6) is 1.07. The fourth-order valence-corrected chi connectivity index (χ4v) is 2.05. The van der Waals surface area contributed by atoms with Gasteiger partial charge in [0.1, 0.15) is 6.54 Å². The molecule has 0 saturated carbocycles. The summed E-state index contributed by atoms with van der Waals surface area (Å²) in [6, 6.07) is 7.58. The van der Waals surface area contributed by atoms with E-state index in [1.807, 2.05) is 24.3 Å². The monoisotopic (exact) mass is 289 g/mol. The van der Waals surface area contributed by atoms with Crippen LogP contribution in [-0.4, -0.2) is 19.9 Å². The van der Waals surface area contributed by atoms with E-state index in [0.717, 1.165) is 5.56 Å². The third-order valence-electron chi connectivity index (χ3n) is 2.77. The van der Waals surface area contributed by atoms with E-state index in [9.17, 15) is 0 Å². The molecule has 102 valence electrons. The Hall–Kier alpha value is -2.34. The molecule has 0 unspecified atom stereocenters. The Kier molecular flexibility index (Phi) is 3.39. The van der Waals surface area contributed by atoms with Crippen LogP contribution in [0.4, 0.5) is 5.69 Å². The van der Waals surface area contributed by atoms with Gasteiger partial charge < -0.3 is 10.3 Å². The maximum Gasteiger partial charge on any atom is 0.248 e. The van der Waals surface area contributed by atoms with Gasteiger partial charge in [-0.25, -0.2) is 0 Å². The minimum atomic E-state index is 0.396. The molecule has 0 aliphatic heterocycles. The van der Waals surface area contributed by atoms with Gasteiger partial charge in [-0.3, -0.25) is 4.68 Å². The van der Waals surface area contributed by atoms with Crippen LogP contribution in [0, 0.1) is 0 Å². The molecule has 3 aromatic rings. The average molecular weight is 290 g/mol. The standard InChI is InChI=1S/C13H12ClN5O/c14-11-4-2-1-3-9(11)5-12-17-13(20-18-12)8-19-7-10(15)6-16-19/h1-4,6-7H,5,8,15H2. The molecule has 6 nitrogen and oxygen atoms in total. The molecule has 0 aliphatic carbocycles. The summed E-state index contributed by atoms with van der Waals surface area (Å²) >= 11 is 6.10. The lowest BCUT2D eigenvalue weighted by molar-refractivity contribution is 0.362. The lowest BCUT2D eigenvalue weighted by Crippen LogP contribution is -2.00. The Bertz CT molecular complexity index is 721. The van der Waals surface area contributed by atoms with Gasteiger partial charge in [-0.05, 0) is 11.6 Å². The number of nitrogens with two attached hydrogens (primary N) is 1. The predicted octanol–water partition coefficient (Wildman–Crippen LogP) is 2.14.